The van der Waals surface area contributed by atoms with Crippen LogP contribution in [-0.4, -0.2) is 13.0 Å². The average Bonchev–Trinajstić information content (AvgIpc) is 2.59. The van der Waals surface area contributed by atoms with Crippen molar-refractivity contribution in [3.05, 3.63) is 64.7 Å². The first-order valence-electron chi connectivity index (χ1n) is 7.70. The number of hydrogen-bond donors (Lipinski definition) is 1. The molecule has 0 fully saturated rings. The number of carbonyl (C=O) groups is 1. The minimum atomic E-state index is -0.0633. The van der Waals surface area contributed by atoms with Crippen molar-refractivity contribution in [1.29, 1.82) is 0 Å². The van der Waals surface area contributed by atoms with Crippen LogP contribution in [0, 0.1) is 0 Å². The summed E-state index contributed by atoms with van der Waals surface area (Å²) < 4.78 is 5.10. The normalized spacial score (nSPS) is 10.3. The molecule has 0 aromatic heterocycles. The number of carbonyl (C=O) groups excluding carboxylic acids is 1. The lowest BCUT2D eigenvalue weighted by molar-refractivity contribution is 0.0951. The van der Waals surface area contributed by atoms with Gasteiger partial charge in [-0.3, -0.25) is 4.79 Å². The van der Waals surface area contributed by atoms with Crippen LogP contribution in [0.15, 0.2) is 42.5 Å². The van der Waals surface area contributed by atoms with Crippen molar-refractivity contribution in [2.75, 3.05) is 7.11 Å². The standard InChI is InChI=1S/C19H23NO2/c1-4-14-6-7-15(5-2)17(12-14)13-20-19(21)16-8-10-18(22-3)11-9-16/h6-12H,4-5,13H2,1-3H3,(H,20,21). The maximum absolute atomic E-state index is 12.2. The fourth-order valence-electron chi connectivity index (χ4n) is 2.43. The average molecular weight is 297 g/mol. The second-order valence-corrected chi connectivity index (χ2v) is 5.22. The largest absolute Gasteiger partial charge is 0.497 e. The molecule has 0 saturated heterocycles. The van der Waals surface area contributed by atoms with E-state index in [2.05, 4.69) is 37.4 Å². The van der Waals surface area contributed by atoms with E-state index in [0.717, 1.165) is 18.6 Å². The molecular weight excluding hydrogens is 274 g/mol. The first-order chi connectivity index (χ1) is 10.7. The molecule has 0 aliphatic rings. The van der Waals surface area contributed by atoms with Crippen LogP contribution in [-0.2, 0) is 19.4 Å². The van der Waals surface area contributed by atoms with Crippen molar-refractivity contribution < 1.29 is 9.53 Å². The summed E-state index contributed by atoms with van der Waals surface area (Å²) in [6, 6.07) is 13.7. The zero-order valence-corrected chi connectivity index (χ0v) is 13.5. The summed E-state index contributed by atoms with van der Waals surface area (Å²) in [5.74, 6) is 0.687. The molecule has 116 valence electrons. The van der Waals surface area contributed by atoms with Crippen molar-refractivity contribution >= 4 is 5.91 Å². The molecule has 2 aromatic carbocycles. The Morgan fingerprint density at radius 3 is 2.32 bits per heavy atom. The van der Waals surface area contributed by atoms with Crippen LogP contribution in [0.4, 0.5) is 0 Å². The Morgan fingerprint density at radius 1 is 1.00 bits per heavy atom. The van der Waals surface area contributed by atoms with Gasteiger partial charge < -0.3 is 10.1 Å². The van der Waals surface area contributed by atoms with Crippen LogP contribution in [0.5, 0.6) is 5.75 Å². The number of rotatable bonds is 6. The molecule has 2 rings (SSSR count). The van der Waals surface area contributed by atoms with E-state index in [1.165, 1.54) is 16.7 Å². The highest BCUT2D eigenvalue weighted by Gasteiger charge is 2.07. The van der Waals surface area contributed by atoms with Gasteiger partial charge in [-0.1, -0.05) is 32.0 Å². The molecule has 1 amide bonds. The van der Waals surface area contributed by atoms with Gasteiger partial charge in [0.05, 0.1) is 7.11 Å². The SMILES string of the molecule is CCc1ccc(CC)c(CNC(=O)c2ccc(OC)cc2)c1. The highest BCUT2D eigenvalue weighted by atomic mass is 16.5. The molecule has 0 radical (unpaired) electrons. The van der Waals surface area contributed by atoms with Gasteiger partial charge in [0.25, 0.3) is 5.91 Å². The minimum absolute atomic E-state index is 0.0633. The Labute approximate surface area is 132 Å². The van der Waals surface area contributed by atoms with E-state index in [-0.39, 0.29) is 5.91 Å². The van der Waals surface area contributed by atoms with Crippen molar-refractivity contribution in [1.82, 2.24) is 5.32 Å². The molecule has 0 aliphatic carbocycles. The van der Waals surface area contributed by atoms with E-state index in [4.69, 9.17) is 4.74 Å². The monoisotopic (exact) mass is 297 g/mol. The van der Waals surface area contributed by atoms with Crippen LogP contribution in [0.1, 0.15) is 40.9 Å². The number of amides is 1. The molecule has 0 aliphatic heterocycles. The van der Waals surface area contributed by atoms with Crippen LogP contribution >= 0.6 is 0 Å². The van der Waals surface area contributed by atoms with E-state index in [1.807, 2.05) is 0 Å². The summed E-state index contributed by atoms with van der Waals surface area (Å²) in [6.45, 7) is 4.83. The first-order valence-corrected chi connectivity index (χ1v) is 7.70. The van der Waals surface area contributed by atoms with Crippen molar-refractivity contribution in [3.8, 4) is 5.75 Å². The maximum atomic E-state index is 12.2. The van der Waals surface area contributed by atoms with E-state index >= 15 is 0 Å². The van der Waals surface area contributed by atoms with Crippen LogP contribution in [0.25, 0.3) is 0 Å². The zero-order valence-electron chi connectivity index (χ0n) is 13.5. The zero-order chi connectivity index (χ0) is 15.9. The fourth-order valence-corrected chi connectivity index (χ4v) is 2.43. The Morgan fingerprint density at radius 2 is 1.73 bits per heavy atom. The van der Waals surface area contributed by atoms with E-state index in [0.29, 0.717) is 12.1 Å². The predicted molar refractivity (Wildman–Crippen MR) is 89.4 cm³/mol. The molecule has 3 heteroatoms. The van der Waals surface area contributed by atoms with E-state index in [9.17, 15) is 4.79 Å². The number of nitrogens with one attached hydrogen (secondary N) is 1. The lowest BCUT2D eigenvalue weighted by Crippen LogP contribution is -2.23. The Bertz CT molecular complexity index is 632. The predicted octanol–water partition coefficient (Wildman–Crippen LogP) is 3.75. The van der Waals surface area contributed by atoms with Crippen molar-refractivity contribution in [3.63, 3.8) is 0 Å². The molecule has 3 nitrogen and oxygen atoms in total. The van der Waals surface area contributed by atoms with Gasteiger partial charge in [-0.2, -0.15) is 0 Å². The van der Waals surface area contributed by atoms with Gasteiger partial charge in [0.1, 0.15) is 5.75 Å². The molecule has 0 unspecified atom stereocenters. The summed E-state index contributed by atoms with van der Waals surface area (Å²) in [5, 5.41) is 3.00. The molecule has 1 N–H and O–H groups in total. The number of methoxy groups -OCH3 is 1. The minimum Gasteiger partial charge on any atom is -0.497 e. The third kappa shape index (κ3) is 3.88. The Kier molecular flexibility index (Phi) is 5.59. The van der Waals surface area contributed by atoms with Gasteiger partial charge >= 0.3 is 0 Å². The molecule has 0 saturated carbocycles. The molecule has 2 aromatic rings. The third-order valence-electron chi connectivity index (χ3n) is 3.85. The quantitative estimate of drug-likeness (QED) is 0.882. The highest BCUT2D eigenvalue weighted by molar-refractivity contribution is 5.94. The third-order valence-corrected chi connectivity index (χ3v) is 3.85. The van der Waals surface area contributed by atoms with Crippen LogP contribution < -0.4 is 10.1 Å². The van der Waals surface area contributed by atoms with Gasteiger partial charge in [-0.25, -0.2) is 0 Å². The molecular formula is C19H23NO2. The van der Waals surface area contributed by atoms with Crippen molar-refractivity contribution in [2.45, 2.75) is 33.2 Å². The van der Waals surface area contributed by atoms with Crippen molar-refractivity contribution in [2.24, 2.45) is 0 Å². The topological polar surface area (TPSA) is 38.3 Å². The lowest BCUT2D eigenvalue weighted by atomic mass is 10.0. The highest BCUT2D eigenvalue weighted by Crippen LogP contribution is 2.15. The number of benzene rings is 2. The van der Waals surface area contributed by atoms with Gasteiger partial charge in [0, 0.05) is 12.1 Å². The number of ether oxygens (including phenoxy) is 1. The molecule has 0 atom stereocenters. The summed E-state index contributed by atoms with van der Waals surface area (Å²) in [6.07, 6.45) is 1.97. The molecule has 0 bridgehead atoms. The molecule has 22 heavy (non-hydrogen) atoms. The van der Waals surface area contributed by atoms with E-state index < -0.39 is 0 Å². The molecule has 0 heterocycles. The van der Waals surface area contributed by atoms with Crippen LogP contribution in [0.2, 0.25) is 0 Å². The van der Waals surface area contributed by atoms with Gasteiger partial charge in [0.15, 0.2) is 0 Å². The second-order valence-electron chi connectivity index (χ2n) is 5.22. The summed E-state index contributed by atoms with van der Waals surface area (Å²) in [4.78, 5) is 12.2. The fraction of sp³-hybridized carbons (Fsp3) is 0.316. The maximum Gasteiger partial charge on any atom is 0.251 e. The number of aryl methyl sites for hydroxylation is 2. The molecule has 0 spiro atoms. The Balaban J connectivity index is 2.06. The van der Waals surface area contributed by atoms with Gasteiger partial charge in [0.2, 0.25) is 0 Å². The summed E-state index contributed by atoms with van der Waals surface area (Å²) >= 11 is 0. The lowest BCUT2D eigenvalue weighted by Gasteiger charge is -2.11. The van der Waals surface area contributed by atoms with Crippen LogP contribution in [0.3, 0.4) is 0 Å². The summed E-state index contributed by atoms with van der Waals surface area (Å²) in [7, 11) is 1.61. The van der Waals surface area contributed by atoms with Gasteiger partial charge in [-0.05, 0) is 53.8 Å². The Hall–Kier alpha value is -2.29. The number of hydrogen-bond acceptors (Lipinski definition) is 2. The van der Waals surface area contributed by atoms with Gasteiger partial charge in [-0.15, -0.1) is 0 Å². The second kappa shape index (κ2) is 7.64. The summed E-state index contributed by atoms with van der Waals surface area (Å²) in [5.41, 5.74) is 4.42. The smallest absolute Gasteiger partial charge is 0.251 e. The van der Waals surface area contributed by atoms with E-state index in [1.54, 1.807) is 31.4 Å². The first kappa shape index (κ1) is 16.1.